The number of amides is 2. The first-order chi connectivity index (χ1) is 10.5. The zero-order valence-corrected chi connectivity index (χ0v) is 14.1. The number of anilines is 2. The number of nitrogens with zero attached hydrogens (tertiary/aromatic N) is 1. The quantitative estimate of drug-likeness (QED) is 0.902. The van der Waals surface area contributed by atoms with Crippen molar-refractivity contribution in [3.63, 3.8) is 0 Å². The molecule has 2 aromatic carbocycles. The maximum atomic E-state index is 12.2. The van der Waals surface area contributed by atoms with Crippen LogP contribution in [0.4, 0.5) is 11.4 Å². The van der Waals surface area contributed by atoms with Gasteiger partial charge in [-0.15, -0.1) is 0 Å². The van der Waals surface area contributed by atoms with Gasteiger partial charge in [-0.05, 0) is 36.8 Å². The number of para-hydroxylation sites is 1. The minimum atomic E-state index is -0.239. The number of rotatable bonds is 4. The highest BCUT2D eigenvalue weighted by Gasteiger charge is 2.17. The van der Waals surface area contributed by atoms with Crippen molar-refractivity contribution in [3.05, 3.63) is 58.6 Å². The number of hydrogen-bond donors (Lipinski definition) is 1. The molecule has 0 fully saturated rings. The lowest BCUT2D eigenvalue weighted by Crippen LogP contribution is -2.37. The number of aryl methyl sites for hydroxylation is 1. The van der Waals surface area contributed by atoms with Crippen molar-refractivity contribution in [1.29, 1.82) is 0 Å². The van der Waals surface area contributed by atoms with E-state index in [1.807, 2.05) is 49.4 Å². The second-order valence-electron chi connectivity index (χ2n) is 4.95. The van der Waals surface area contributed by atoms with Crippen LogP contribution in [0.15, 0.2) is 53.0 Å². The first kappa shape index (κ1) is 16.2. The van der Waals surface area contributed by atoms with E-state index in [1.54, 1.807) is 6.07 Å². The second-order valence-corrected chi connectivity index (χ2v) is 5.87. The molecule has 0 spiro atoms. The normalized spacial score (nSPS) is 10.1. The van der Waals surface area contributed by atoms with Crippen LogP contribution >= 0.6 is 15.9 Å². The van der Waals surface area contributed by atoms with E-state index in [4.69, 9.17) is 0 Å². The van der Waals surface area contributed by atoms with E-state index in [1.165, 1.54) is 11.8 Å². The summed E-state index contributed by atoms with van der Waals surface area (Å²) in [7, 11) is 0. The molecule has 22 heavy (non-hydrogen) atoms. The molecule has 0 bridgehead atoms. The van der Waals surface area contributed by atoms with Crippen LogP contribution in [0.1, 0.15) is 12.5 Å². The van der Waals surface area contributed by atoms with Gasteiger partial charge in [-0.3, -0.25) is 9.59 Å². The molecule has 1 N–H and O–H groups in total. The fourth-order valence-corrected chi connectivity index (χ4v) is 2.54. The summed E-state index contributed by atoms with van der Waals surface area (Å²) in [5.41, 5.74) is 2.39. The Morgan fingerprint density at radius 1 is 1.14 bits per heavy atom. The first-order valence-corrected chi connectivity index (χ1v) is 7.66. The topological polar surface area (TPSA) is 49.4 Å². The third-order valence-corrected chi connectivity index (χ3v) is 3.69. The average molecular weight is 361 g/mol. The summed E-state index contributed by atoms with van der Waals surface area (Å²) in [5.74, 6) is -0.407. The van der Waals surface area contributed by atoms with Crippen LogP contribution < -0.4 is 10.2 Å². The molecule has 0 atom stereocenters. The van der Waals surface area contributed by atoms with Crippen LogP contribution in [0.3, 0.4) is 0 Å². The van der Waals surface area contributed by atoms with E-state index >= 15 is 0 Å². The van der Waals surface area contributed by atoms with Gasteiger partial charge < -0.3 is 10.2 Å². The van der Waals surface area contributed by atoms with Gasteiger partial charge >= 0.3 is 0 Å². The third kappa shape index (κ3) is 4.18. The summed E-state index contributed by atoms with van der Waals surface area (Å²) >= 11 is 3.36. The Bertz CT molecular complexity index is 701. The van der Waals surface area contributed by atoms with Gasteiger partial charge in [0.15, 0.2) is 0 Å². The minimum absolute atomic E-state index is 0.0211. The maximum Gasteiger partial charge on any atom is 0.244 e. The van der Waals surface area contributed by atoms with Crippen molar-refractivity contribution in [2.45, 2.75) is 13.8 Å². The molecule has 114 valence electrons. The zero-order valence-electron chi connectivity index (χ0n) is 12.5. The maximum absolute atomic E-state index is 12.2. The Balaban J connectivity index is 2.13. The van der Waals surface area contributed by atoms with Gasteiger partial charge in [0.05, 0.1) is 0 Å². The summed E-state index contributed by atoms with van der Waals surface area (Å²) in [6, 6.07) is 14.8. The van der Waals surface area contributed by atoms with Crippen molar-refractivity contribution in [2.24, 2.45) is 0 Å². The lowest BCUT2D eigenvalue weighted by atomic mass is 10.2. The van der Waals surface area contributed by atoms with E-state index in [0.717, 1.165) is 15.7 Å². The fraction of sp³-hybridized carbons (Fsp3) is 0.176. The molecule has 4 nitrogen and oxygen atoms in total. The Morgan fingerprint density at radius 3 is 2.50 bits per heavy atom. The van der Waals surface area contributed by atoms with Gasteiger partial charge in [0.2, 0.25) is 11.8 Å². The molecular weight excluding hydrogens is 344 g/mol. The highest BCUT2D eigenvalue weighted by molar-refractivity contribution is 9.10. The Kier molecular flexibility index (Phi) is 5.33. The van der Waals surface area contributed by atoms with E-state index in [2.05, 4.69) is 21.2 Å². The van der Waals surface area contributed by atoms with Gasteiger partial charge in [-0.2, -0.15) is 0 Å². The highest BCUT2D eigenvalue weighted by atomic mass is 79.9. The molecule has 5 heteroatoms. The van der Waals surface area contributed by atoms with Crippen LogP contribution in [-0.4, -0.2) is 18.4 Å². The monoisotopic (exact) mass is 360 g/mol. The van der Waals surface area contributed by atoms with Crippen LogP contribution in [-0.2, 0) is 9.59 Å². The number of benzene rings is 2. The number of hydrogen-bond acceptors (Lipinski definition) is 2. The molecule has 2 amide bonds. The fourth-order valence-electron chi connectivity index (χ4n) is 2.14. The van der Waals surface area contributed by atoms with Gasteiger partial charge in [0.1, 0.15) is 6.54 Å². The molecule has 0 aliphatic rings. The Hall–Kier alpha value is -2.14. The summed E-state index contributed by atoms with van der Waals surface area (Å²) in [5, 5.41) is 2.79. The largest absolute Gasteiger partial charge is 0.324 e. The van der Waals surface area contributed by atoms with Gasteiger partial charge in [-0.25, -0.2) is 0 Å². The van der Waals surface area contributed by atoms with Crippen molar-refractivity contribution in [2.75, 3.05) is 16.8 Å². The number of carbonyl (C=O) groups is 2. The minimum Gasteiger partial charge on any atom is -0.324 e. The van der Waals surface area contributed by atoms with E-state index in [9.17, 15) is 9.59 Å². The highest BCUT2D eigenvalue weighted by Crippen LogP contribution is 2.20. The number of nitrogens with one attached hydrogen (secondary N) is 1. The summed E-state index contributed by atoms with van der Waals surface area (Å²) in [4.78, 5) is 25.6. The van der Waals surface area contributed by atoms with E-state index < -0.39 is 0 Å². The summed E-state index contributed by atoms with van der Waals surface area (Å²) < 4.78 is 0.882. The predicted octanol–water partition coefficient (Wildman–Crippen LogP) is 3.75. The molecule has 2 aromatic rings. The molecule has 0 heterocycles. The van der Waals surface area contributed by atoms with Crippen molar-refractivity contribution in [3.8, 4) is 0 Å². The molecule has 0 saturated carbocycles. The van der Waals surface area contributed by atoms with Crippen molar-refractivity contribution in [1.82, 2.24) is 0 Å². The summed E-state index contributed by atoms with van der Waals surface area (Å²) in [6.45, 7) is 3.35. The first-order valence-electron chi connectivity index (χ1n) is 6.86. The van der Waals surface area contributed by atoms with Crippen LogP contribution in [0.5, 0.6) is 0 Å². The molecule has 0 radical (unpaired) electrons. The molecule has 0 unspecified atom stereocenters. The Morgan fingerprint density at radius 2 is 1.86 bits per heavy atom. The second kappa shape index (κ2) is 7.22. The van der Waals surface area contributed by atoms with E-state index in [-0.39, 0.29) is 18.4 Å². The lowest BCUT2D eigenvalue weighted by Gasteiger charge is -2.22. The van der Waals surface area contributed by atoms with Crippen LogP contribution in [0.25, 0.3) is 0 Å². The zero-order chi connectivity index (χ0) is 16.1. The smallest absolute Gasteiger partial charge is 0.244 e. The van der Waals surface area contributed by atoms with E-state index in [0.29, 0.717) is 5.69 Å². The summed E-state index contributed by atoms with van der Waals surface area (Å²) in [6.07, 6.45) is 0. The van der Waals surface area contributed by atoms with Gasteiger partial charge in [-0.1, -0.05) is 40.2 Å². The van der Waals surface area contributed by atoms with Crippen LogP contribution in [0, 0.1) is 6.92 Å². The number of carbonyl (C=O) groups excluding carboxylic acids is 2. The molecule has 0 aliphatic heterocycles. The SMILES string of the molecule is CC(=O)N(CC(=O)Nc1cccc(Br)c1)c1ccccc1C. The predicted molar refractivity (Wildman–Crippen MR) is 92.0 cm³/mol. The number of halogens is 1. The van der Waals surface area contributed by atoms with Crippen molar-refractivity contribution < 1.29 is 9.59 Å². The standard InChI is InChI=1S/C17H17BrN2O2/c1-12-6-3-4-9-16(12)20(13(2)21)11-17(22)19-15-8-5-7-14(18)10-15/h3-10H,11H2,1-2H3,(H,19,22). The van der Waals surface area contributed by atoms with Gasteiger partial charge in [0, 0.05) is 22.8 Å². The molecule has 0 aromatic heterocycles. The molecule has 2 rings (SSSR count). The molecule has 0 aliphatic carbocycles. The third-order valence-electron chi connectivity index (χ3n) is 3.20. The average Bonchev–Trinajstić information content (AvgIpc) is 2.45. The lowest BCUT2D eigenvalue weighted by molar-refractivity contribution is -0.120. The van der Waals surface area contributed by atoms with Crippen LogP contribution in [0.2, 0.25) is 0 Å². The molecular formula is C17H17BrN2O2. The van der Waals surface area contributed by atoms with Crippen molar-refractivity contribution >= 4 is 39.1 Å². The van der Waals surface area contributed by atoms with Gasteiger partial charge in [0.25, 0.3) is 0 Å². The Labute approximate surface area is 138 Å². The molecule has 0 saturated heterocycles.